The summed E-state index contributed by atoms with van der Waals surface area (Å²) in [6.07, 6.45) is 4.04. The lowest BCUT2D eigenvalue weighted by molar-refractivity contribution is 0.490. The number of aryl methyl sites for hydroxylation is 1. The Morgan fingerprint density at radius 1 is 1.37 bits per heavy atom. The first-order chi connectivity index (χ1) is 9.11. The van der Waals surface area contributed by atoms with Crippen molar-refractivity contribution in [2.45, 2.75) is 19.4 Å². The van der Waals surface area contributed by atoms with E-state index < -0.39 is 11.6 Å². The fourth-order valence-electron chi connectivity index (χ4n) is 2.10. The summed E-state index contributed by atoms with van der Waals surface area (Å²) in [5.74, 6) is -0.00434. The molecule has 5 heteroatoms. The maximum absolute atomic E-state index is 13.8. The average Bonchev–Trinajstić information content (AvgIpc) is 2.78. The zero-order valence-electron chi connectivity index (χ0n) is 11.0. The van der Waals surface area contributed by atoms with Crippen LogP contribution in [0.25, 0.3) is 0 Å². The van der Waals surface area contributed by atoms with E-state index in [0.717, 1.165) is 18.0 Å². The lowest BCUT2D eigenvalue weighted by atomic mass is 10.0. The summed E-state index contributed by atoms with van der Waals surface area (Å²) in [6.45, 7) is 2.60. The van der Waals surface area contributed by atoms with Gasteiger partial charge in [-0.1, -0.05) is 6.92 Å². The Morgan fingerprint density at radius 3 is 2.79 bits per heavy atom. The molecule has 1 N–H and O–H groups in total. The van der Waals surface area contributed by atoms with E-state index in [0.29, 0.717) is 18.5 Å². The van der Waals surface area contributed by atoms with Crippen LogP contribution in [-0.2, 0) is 13.5 Å². The van der Waals surface area contributed by atoms with Gasteiger partial charge < -0.3 is 9.88 Å². The smallest absolute Gasteiger partial charge is 0.128 e. The molecule has 19 heavy (non-hydrogen) atoms. The Bertz CT molecular complexity index is 551. The lowest BCUT2D eigenvalue weighted by Crippen LogP contribution is -2.25. The highest BCUT2D eigenvalue weighted by Gasteiger charge is 2.18. The highest BCUT2D eigenvalue weighted by Crippen LogP contribution is 2.21. The number of aromatic nitrogens is 2. The predicted octanol–water partition coefficient (Wildman–Crippen LogP) is 2.59. The maximum atomic E-state index is 13.8. The van der Waals surface area contributed by atoms with Crippen LogP contribution in [0.15, 0.2) is 30.6 Å². The van der Waals surface area contributed by atoms with E-state index in [1.807, 2.05) is 24.7 Å². The van der Waals surface area contributed by atoms with Crippen molar-refractivity contribution in [1.29, 1.82) is 0 Å². The summed E-state index contributed by atoms with van der Waals surface area (Å²) in [5.41, 5.74) is 0.338. The quantitative estimate of drug-likeness (QED) is 0.900. The van der Waals surface area contributed by atoms with Crippen molar-refractivity contribution in [3.63, 3.8) is 0 Å². The van der Waals surface area contributed by atoms with Gasteiger partial charge in [0, 0.05) is 37.5 Å². The van der Waals surface area contributed by atoms with E-state index in [-0.39, 0.29) is 6.04 Å². The van der Waals surface area contributed by atoms with E-state index in [9.17, 15) is 8.78 Å². The van der Waals surface area contributed by atoms with Crippen molar-refractivity contribution in [1.82, 2.24) is 14.9 Å². The molecular weight excluding hydrogens is 248 g/mol. The van der Waals surface area contributed by atoms with E-state index in [2.05, 4.69) is 10.3 Å². The van der Waals surface area contributed by atoms with Crippen LogP contribution in [0.5, 0.6) is 0 Å². The molecule has 0 saturated carbocycles. The van der Waals surface area contributed by atoms with Gasteiger partial charge in [0.05, 0.1) is 0 Å². The number of hydrogen-bond donors (Lipinski definition) is 1. The molecule has 0 aliphatic carbocycles. The minimum Gasteiger partial charge on any atom is -0.338 e. The molecule has 3 nitrogen and oxygen atoms in total. The minimum absolute atomic E-state index is 0.290. The number of rotatable bonds is 5. The molecule has 1 atom stereocenters. The van der Waals surface area contributed by atoms with Crippen molar-refractivity contribution in [3.8, 4) is 0 Å². The van der Waals surface area contributed by atoms with Gasteiger partial charge in [-0.05, 0) is 24.7 Å². The number of likely N-dealkylation sites (N-methyl/N-ethyl adjacent to an activating group) is 1. The highest BCUT2D eigenvalue weighted by molar-refractivity contribution is 5.23. The standard InChI is InChI=1S/C14H17F2N3/c1-3-17-13(9-14-18-6-7-19(14)2)11-8-10(15)4-5-12(11)16/h4-8,13,17H,3,9H2,1-2H3. The number of halogens is 2. The molecule has 1 unspecified atom stereocenters. The second kappa shape index (κ2) is 5.93. The van der Waals surface area contributed by atoms with Crippen LogP contribution in [0.4, 0.5) is 8.78 Å². The largest absolute Gasteiger partial charge is 0.338 e. The van der Waals surface area contributed by atoms with Gasteiger partial charge in [-0.2, -0.15) is 0 Å². The van der Waals surface area contributed by atoms with E-state index >= 15 is 0 Å². The molecular formula is C14H17F2N3. The summed E-state index contributed by atoms with van der Waals surface area (Å²) in [4.78, 5) is 4.22. The van der Waals surface area contributed by atoms with Crippen LogP contribution < -0.4 is 5.32 Å². The van der Waals surface area contributed by atoms with Gasteiger partial charge >= 0.3 is 0 Å². The Balaban J connectivity index is 2.29. The Labute approximate surface area is 111 Å². The van der Waals surface area contributed by atoms with Gasteiger partial charge in [0.1, 0.15) is 17.5 Å². The Morgan fingerprint density at radius 2 is 2.16 bits per heavy atom. The average molecular weight is 265 g/mol. The summed E-state index contributed by atoms with van der Waals surface area (Å²) in [5, 5.41) is 3.17. The van der Waals surface area contributed by atoms with Crippen LogP contribution in [0, 0.1) is 11.6 Å². The molecule has 0 amide bonds. The van der Waals surface area contributed by atoms with Crippen LogP contribution in [-0.4, -0.2) is 16.1 Å². The molecule has 0 radical (unpaired) electrons. The van der Waals surface area contributed by atoms with Crippen molar-refractivity contribution in [2.75, 3.05) is 6.54 Å². The molecule has 2 rings (SSSR count). The topological polar surface area (TPSA) is 29.9 Å². The van der Waals surface area contributed by atoms with Gasteiger partial charge in [-0.25, -0.2) is 13.8 Å². The molecule has 0 fully saturated rings. The van der Waals surface area contributed by atoms with Crippen LogP contribution in [0.1, 0.15) is 24.4 Å². The van der Waals surface area contributed by atoms with E-state index in [1.165, 1.54) is 6.07 Å². The van der Waals surface area contributed by atoms with Crippen molar-refractivity contribution >= 4 is 0 Å². The zero-order chi connectivity index (χ0) is 13.8. The maximum Gasteiger partial charge on any atom is 0.128 e. The van der Waals surface area contributed by atoms with Crippen LogP contribution >= 0.6 is 0 Å². The Hall–Kier alpha value is -1.75. The number of nitrogens with one attached hydrogen (secondary N) is 1. The van der Waals surface area contributed by atoms with Crippen molar-refractivity contribution in [2.24, 2.45) is 7.05 Å². The summed E-state index contributed by atoms with van der Waals surface area (Å²) in [7, 11) is 1.88. The minimum atomic E-state index is -0.431. The van der Waals surface area contributed by atoms with E-state index in [4.69, 9.17) is 0 Å². The first kappa shape index (κ1) is 13.7. The Kier molecular flexibility index (Phi) is 4.27. The van der Waals surface area contributed by atoms with Gasteiger partial charge in [-0.3, -0.25) is 0 Å². The van der Waals surface area contributed by atoms with Gasteiger partial charge in [0.15, 0.2) is 0 Å². The third-order valence-electron chi connectivity index (χ3n) is 3.09. The second-order valence-electron chi connectivity index (χ2n) is 4.43. The van der Waals surface area contributed by atoms with Crippen LogP contribution in [0.3, 0.4) is 0 Å². The van der Waals surface area contributed by atoms with Gasteiger partial charge in [-0.15, -0.1) is 0 Å². The summed E-state index contributed by atoms with van der Waals surface area (Å²) in [6, 6.07) is 3.24. The SMILES string of the molecule is CCNC(Cc1nccn1C)c1cc(F)ccc1F. The molecule has 0 bridgehead atoms. The number of nitrogens with zero attached hydrogens (tertiary/aromatic N) is 2. The van der Waals surface area contributed by atoms with E-state index in [1.54, 1.807) is 6.20 Å². The molecule has 1 aromatic carbocycles. The number of hydrogen-bond acceptors (Lipinski definition) is 2. The summed E-state index contributed by atoms with van der Waals surface area (Å²) >= 11 is 0. The van der Waals surface area contributed by atoms with Gasteiger partial charge in [0.2, 0.25) is 0 Å². The zero-order valence-corrected chi connectivity index (χ0v) is 11.0. The third-order valence-corrected chi connectivity index (χ3v) is 3.09. The summed E-state index contributed by atoms with van der Waals surface area (Å²) < 4.78 is 29.0. The lowest BCUT2D eigenvalue weighted by Gasteiger charge is -2.19. The monoisotopic (exact) mass is 265 g/mol. The molecule has 1 aromatic heterocycles. The molecule has 1 heterocycles. The fourth-order valence-corrected chi connectivity index (χ4v) is 2.10. The van der Waals surface area contributed by atoms with Crippen LogP contribution in [0.2, 0.25) is 0 Å². The predicted molar refractivity (Wildman–Crippen MR) is 69.7 cm³/mol. The number of imidazole rings is 1. The normalized spacial score (nSPS) is 12.6. The number of benzene rings is 1. The molecule has 2 aromatic rings. The third kappa shape index (κ3) is 3.17. The van der Waals surface area contributed by atoms with Gasteiger partial charge in [0.25, 0.3) is 0 Å². The van der Waals surface area contributed by atoms with Crippen molar-refractivity contribution < 1.29 is 8.78 Å². The van der Waals surface area contributed by atoms with Crippen molar-refractivity contribution in [3.05, 3.63) is 53.6 Å². The first-order valence-electron chi connectivity index (χ1n) is 6.26. The second-order valence-corrected chi connectivity index (χ2v) is 4.43. The molecule has 0 saturated heterocycles. The fraction of sp³-hybridized carbons (Fsp3) is 0.357. The molecule has 0 aliphatic heterocycles. The molecule has 0 aliphatic rings. The molecule has 102 valence electrons. The highest BCUT2D eigenvalue weighted by atomic mass is 19.1. The first-order valence-corrected chi connectivity index (χ1v) is 6.26. The molecule has 0 spiro atoms.